The van der Waals surface area contributed by atoms with Gasteiger partial charge in [0.2, 0.25) is 0 Å². The second-order valence-corrected chi connectivity index (χ2v) is 5.81. The summed E-state index contributed by atoms with van der Waals surface area (Å²) < 4.78 is 7.92. The molecular weight excluding hydrogens is 274 g/mol. The van der Waals surface area contributed by atoms with E-state index in [9.17, 15) is 0 Å². The highest BCUT2D eigenvalue weighted by Gasteiger charge is 2.36. The van der Waals surface area contributed by atoms with Crippen molar-refractivity contribution >= 4 is 11.6 Å². The van der Waals surface area contributed by atoms with Crippen molar-refractivity contribution < 1.29 is 4.74 Å². The van der Waals surface area contributed by atoms with Crippen LogP contribution < -0.4 is 5.32 Å². The molecule has 1 saturated heterocycles. The van der Waals surface area contributed by atoms with Crippen molar-refractivity contribution in [3.05, 3.63) is 16.9 Å². The summed E-state index contributed by atoms with van der Waals surface area (Å²) in [5.74, 6) is 0.477. The molecule has 1 aliphatic rings. The first-order valence-electron chi connectivity index (χ1n) is 7.79. The minimum Gasteiger partial charge on any atom is -0.378 e. The van der Waals surface area contributed by atoms with Crippen LogP contribution in [0.5, 0.6) is 0 Å². The SMILES string of the molecule is CCCn1ncc(Cl)c1C(NCC)C1CCOC1CC. The van der Waals surface area contributed by atoms with Crippen LogP contribution in [0.25, 0.3) is 0 Å². The summed E-state index contributed by atoms with van der Waals surface area (Å²) in [5.41, 5.74) is 1.13. The third-order valence-corrected chi connectivity index (χ3v) is 4.37. The highest BCUT2D eigenvalue weighted by atomic mass is 35.5. The molecule has 1 aromatic heterocycles. The molecule has 2 heterocycles. The number of halogens is 1. The molecule has 0 bridgehead atoms. The number of hydrogen-bond acceptors (Lipinski definition) is 3. The smallest absolute Gasteiger partial charge is 0.0834 e. The summed E-state index contributed by atoms with van der Waals surface area (Å²) in [5, 5.41) is 8.81. The Kier molecular flexibility index (Phi) is 5.87. The molecule has 4 nitrogen and oxygen atoms in total. The lowest BCUT2D eigenvalue weighted by molar-refractivity contribution is 0.0765. The topological polar surface area (TPSA) is 39.1 Å². The molecule has 0 aromatic carbocycles. The fourth-order valence-electron chi connectivity index (χ4n) is 3.21. The zero-order valence-electron chi connectivity index (χ0n) is 12.7. The molecule has 3 unspecified atom stereocenters. The molecule has 0 aliphatic carbocycles. The van der Waals surface area contributed by atoms with Crippen LogP contribution >= 0.6 is 11.6 Å². The molecule has 1 N–H and O–H groups in total. The molecule has 0 spiro atoms. The van der Waals surface area contributed by atoms with Crippen LogP contribution in [0.2, 0.25) is 5.02 Å². The summed E-state index contributed by atoms with van der Waals surface area (Å²) in [6.07, 6.45) is 5.28. The van der Waals surface area contributed by atoms with Crippen LogP contribution in [0.3, 0.4) is 0 Å². The highest BCUT2D eigenvalue weighted by Crippen LogP contribution is 2.37. The summed E-state index contributed by atoms with van der Waals surface area (Å²) in [6.45, 7) is 9.18. The van der Waals surface area contributed by atoms with Gasteiger partial charge in [-0.2, -0.15) is 5.10 Å². The van der Waals surface area contributed by atoms with Crippen molar-refractivity contribution in [2.75, 3.05) is 13.2 Å². The van der Waals surface area contributed by atoms with E-state index in [0.717, 1.165) is 49.7 Å². The standard InChI is InChI=1S/C15H26ClN3O/c1-4-8-19-15(12(16)10-18-19)14(17-6-3)11-7-9-20-13(11)5-2/h10-11,13-14,17H,4-9H2,1-3H3. The van der Waals surface area contributed by atoms with Gasteiger partial charge in [0.1, 0.15) is 0 Å². The first-order valence-corrected chi connectivity index (χ1v) is 8.16. The van der Waals surface area contributed by atoms with Crippen molar-refractivity contribution in [3.8, 4) is 0 Å². The van der Waals surface area contributed by atoms with Crippen LogP contribution in [0.4, 0.5) is 0 Å². The normalized spacial score (nSPS) is 24.2. The van der Waals surface area contributed by atoms with Crippen LogP contribution in [0.15, 0.2) is 6.20 Å². The summed E-state index contributed by atoms with van der Waals surface area (Å²) >= 11 is 6.42. The van der Waals surface area contributed by atoms with Crippen LogP contribution in [-0.4, -0.2) is 29.0 Å². The summed E-state index contributed by atoms with van der Waals surface area (Å²) in [6, 6.07) is 0.231. The molecule has 1 fully saturated rings. The lowest BCUT2D eigenvalue weighted by Crippen LogP contribution is -2.34. The lowest BCUT2D eigenvalue weighted by atomic mass is 9.89. The molecule has 0 radical (unpaired) electrons. The maximum atomic E-state index is 6.42. The van der Waals surface area contributed by atoms with E-state index in [1.807, 2.05) is 0 Å². The van der Waals surface area contributed by atoms with Gasteiger partial charge >= 0.3 is 0 Å². The lowest BCUT2D eigenvalue weighted by Gasteiger charge is -2.28. The predicted octanol–water partition coefficient (Wildman–Crippen LogP) is 3.41. The van der Waals surface area contributed by atoms with Gasteiger partial charge in [0, 0.05) is 19.1 Å². The zero-order valence-corrected chi connectivity index (χ0v) is 13.5. The van der Waals surface area contributed by atoms with Gasteiger partial charge < -0.3 is 10.1 Å². The van der Waals surface area contributed by atoms with Gasteiger partial charge in [0.05, 0.1) is 29.1 Å². The van der Waals surface area contributed by atoms with Crippen molar-refractivity contribution in [2.24, 2.45) is 5.92 Å². The number of nitrogens with zero attached hydrogens (tertiary/aromatic N) is 2. The van der Waals surface area contributed by atoms with Crippen molar-refractivity contribution in [1.29, 1.82) is 0 Å². The van der Waals surface area contributed by atoms with Crippen LogP contribution in [-0.2, 0) is 11.3 Å². The second kappa shape index (κ2) is 7.43. The first-order chi connectivity index (χ1) is 9.72. The van der Waals surface area contributed by atoms with E-state index in [0.29, 0.717) is 12.0 Å². The number of nitrogens with one attached hydrogen (secondary N) is 1. The zero-order chi connectivity index (χ0) is 14.5. The van der Waals surface area contributed by atoms with E-state index in [-0.39, 0.29) is 6.04 Å². The van der Waals surface area contributed by atoms with E-state index in [4.69, 9.17) is 16.3 Å². The molecule has 0 saturated carbocycles. The van der Waals surface area contributed by atoms with Crippen molar-refractivity contribution in [1.82, 2.24) is 15.1 Å². The summed E-state index contributed by atoms with van der Waals surface area (Å²) in [7, 11) is 0. The largest absolute Gasteiger partial charge is 0.378 e. The van der Waals surface area contributed by atoms with E-state index in [1.165, 1.54) is 0 Å². The Morgan fingerprint density at radius 2 is 2.30 bits per heavy atom. The molecular formula is C15H26ClN3O. The first kappa shape index (κ1) is 15.8. The fraction of sp³-hybridized carbons (Fsp3) is 0.800. The van der Waals surface area contributed by atoms with Gasteiger partial charge in [-0.05, 0) is 25.8 Å². The van der Waals surface area contributed by atoms with E-state index < -0.39 is 0 Å². The number of rotatable bonds is 7. The molecule has 3 atom stereocenters. The molecule has 1 aliphatic heterocycles. The monoisotopic (exact) mass is 299 g/mol. The van der Waals surface area contributed by atoms with Gasteiger partial charge in [-0.3, -0.25) is 4.68 Å². The van der Waals surface area contributed by atoms with Crippen molar-refractivity contribution in [2.45, 2.75) is 58.7 Å². The third kappa shape index (κ3) is 3.18. The van der Waals surface area contributed by atoms with Crippen molar-refractivity contribution in [3.63, 3.8) is 0 Å². The minimum absolute atomic E-state index is 0.231. The Balaban J connectivity index is 2.30. The molecule has 2 rings (SSSR count). The van der Waals surface area contributed by atoms with Gasteiger partial charge in [-0.15, -0.1) is 0 Å². The predicted molar refractivity (Wildman–Crippen MR) is 82.1 cm³/mol. The average molecular weight is 300 g/mol. The average Bonchev–Trinajstić information content (AvgIpc) is 3.04. The van der Waals surface area contributed by atoms with Gasteiger partial charge in [0.25, 0.3) is 0 Å². The highest BCUT2D eigenvalue weighted by molar-refractivity contribution is 6.31. The van der Waals surface area contributed by atoms with E-state index in [1.54, 1.807) is 6.20 Å². The Hall–Kier alpha value is -0.580. The molecule has 5 heteroatoms. The minimum atomic E-state index is 0.231. The third-order valence-electron chi connectivity index (χ3n) is 4.08. The Labute approximate surface area is 126 Å². The molecule has 114 valence electrons. The number of hydrogen-bond donors (Lipinski definition) is 1. The van der Waals surface area contributed by atoms with Gasteiger partial charge in [0.15, 0.2) is 0 Å². The molecule has 20 heavy (non-hydrogen) atoms. The Bertz CT molecular complexity index is 421. The fourth-order valence-corrected chi connectivity index (χ4v) is 3.47. The van der Waals surface area contributed by atoms with Gasteiger partial charge in [-0.25, -0.2) is 0 Å². The molecule has 1 aromatic rings. The van der Waals surface area contributed by atoms with E-state index in [2.05, 4.69) is 35.9 Å². The Morgan fingerprint density at radius 1 is 1.50 bits per heavy atom. The number of aromatic nitrogens is 2. The second-order valence-electron chi connectivity index (χ2n) is 5.41. The Morgan fingerprint density at radius 3 is 2.95 bits per heavy atom. The van der Waals surface area contributed by atoms with Crippen LogP contribution in [0, 0.1) is 5.92 Å². The maximum Gasteiger partial charge on any atom is 0.0834 e. The summed E-state index contributed by atoms with van der Waals surface area (Å²) in [4.78, 5) is 0. The molecule has 0 amide bonds. The van der Waals surface area contributed by atoms with Crippen LogP contribution in [0.1, 0.15) is 51.8 Å². The quantitative estimate of drug-likeness (QED) is 0.838. The number of aryl methyl sites for hydroxylation is 1. The maximum absolute atomic E-state index is 6.42. The van der Waals surface area contributed by atoms with Gasteiger partial charge in [-0.1, -0.05) is 32.4 Å². The van der Waals surface area contributed by atoms with E-state index >= 15 is 0 Å². The number of ether oxygens (including phenoxy) is 1.